The Bertz CT molecular complexity index is 489. The highest BCUT2D eigenvalue weighted by Crippen LogP contribution is 2.44. The number of aliphatic hydroxyl groups excluding tert-OH is 1. The third-order valence-electron chi connectivity index (χ3n) is 3.20. The van der Waals surface area contributed by atoms with E-state index >= 15 is 0 Å². The second-order valence-electron chi connectivity index (χ2n) is 4.39. The van der Waals surface area contributed by atoms with E-state index in [1.807, 2.05) is 0 Å². The number of carbonyl (C=O) groups is 1. The number of aromatic carboxylic acids is 1. The largest absolute Gasteiger partial charge is 0.475 e. The first-order valence-electron chi connectivity index (χ1n) is 5.32. The summed E-state index contributed by atoms with van der Waals surface area (Å²) in [5, 5.41) is 18.5. The Hall–Kier alpha value is -1.50. The van der Waals surface area contributed by atoms with Crippen LogP contribution in [-0.2, 0) is 6.42 Å². The topological polar surface area (TPSA) is 70.7 Å². The van der Waals surface area contributed by atoms with Crippen molar-refractivity contribution in [1.29, 1.82) is 0 Å². The molecule has 1 aliphatic rings. The number of alkyl halides is 3. The Kier molecular flexibility index (Phi) is 2.89. The monoisotopic (exact) mass is 264 g/mol. The maximum atomic E-state index is 12.6. The van der Waals surface area contributed by atoms with E-state index in [0.717, 1.165) is 0 Å². The molecule has 0 amide bonds. The van der Waals surface area contributed by atoms with Gasteiger partial charge in [0.2, 0.25) is 5.76 Å². The highest BCUT2D eigenvalue weighted by molar-refractivity contribution is 5.86. The lowest BCUT2D eigenvalue weighted by Gasteiger charge is -2.27. The van der Waals surface area contributed by atoms with Crippen molar-refractivity contribution in [3.8, 4) is 0 Å². The van der Waals surface area contributed by atoms with Crippen LogP contribution in [0.1, 0.15) is 40.0 Å². The summed E-state index contributed by atoms with van der Waals surface area (Å²) in [6, 6.07) is 0. The van der Waals surface area contributed by atoms with Gasteiger partial charge in [-0.2, -0.15) is 13.2 Å². The van der Waals surface area contributed by atoms with E-state index in [-0.39, 0.29) is 16.9 Å². The number of fused-ring (bicyclic) bond motifs is 1. The van der Waals surface area contributed by atoms with E-state index in [9.17, 15) is 23.1 Å². The second-order valence-corrected chi connectivity index (χ2v) is 4.39. The molecule has 1 aromatic rings. The molecule has 0 bridgehead atoms. The Labute approximate surface area is 100 Å². The Morgan fingerprint density at radius 2 is 2.06 bits per heavy atom. The van der Waals surface area contributed by atoms with Gasteiger partial charge in [0.15, 0.2) is 0 Å². The van der Waals surface area contributed by atoms with Crippen LogP contribution in [0.2, 0.25) is 0 Å². The molecule has 4 nitrogen and oxygen atoms in total. The van der Waals surface area contributed by atoms with Crippen molar-refractivity contribution in [2.24, 2.45) is 5.92 Å². The van der Waals surface area contributed by atoms with Gasteiger partial charge in [-0.3, -0.25) is 0 Å². The van der Waals surface area contributed by atoms with Crippen LogP contribution in [0.3, 0.4) is 0 Å². The number of hydrogen-bond donors (Lipinski definition) is 2. The summed E-state index contributed by atoms with van der Waals surface area (Å²) in [4.78, 5) is 10.8. The second kappa shape index (κ2) is 4.01. The first-order valence-corrected chi connectivity index (χ1v) is 5.32. The van der Waals surface area contributed by atoms with Crippen molar-refractivity contribution in [3.63, 3.8) is 0 Å². The summed E-state index contributed by atoms with van der Waals surface area (Å²) in [5.41, 5.74) is 0.388. The molecule has 0 aliphatic heterocycles. The lowest BCUT2D eigenvalue weighted by molar-refractivity contribution is -0.185. The van der Waals surface area contributed by atoms with Gasteiger partial charge in [0.05, 0.1) is 12.0 Å². The van der Waals surface area contributed by atoms with Gasteiger partial charge in [-0.1, -0.05) is 0 Å². The van der Waals surface area contributed by atoms with Gasteiger partial charge in [-0.15, -0.1) is 0 Å². The van der Waals surface area contributed by atoms with Gasteiger partial charge in [-0.25, -0.2) is 4.79 Å². The number of aliphatic hydroxyl groups is 1. The van der Waals surface area contributed by atoms with Crippen LogP contribution < -0.4 is 0 Å². The van der Waals surface area contributed by atoms with Crippen molar-refractivity contribution in [3.05, 3.63) is 22.6 Å². The van der Waals surface area contributed by atoms with Gasteiger partial charge >= 0.3 is 12.1 Å². The van der Waals surface area contributed by atoms with Crippen molar-refractivity contribution in [2.45, 2.75) is 32.0 Å². The Balaban J connectivity index is 2.43. The van der Waals surface area contributed by atoms with Crippen LogP contribution in [0.25, 0.3) is 0 Å². The minimum atomic E-state index is -4.43. The van der Waals surface area contributed by atoms with Gasteiger partial charge in [0, 0.05) is 17.5 Å². The van der Waals surface area contributed by atoms with Gasteiger partial charge in [0.25, 0.3) is 0 Å². The predicted octanol–water partition coefficient (Wildman–Crippen LogP) is 2.44. The number of carboxylic acids is 1. The fourth-order valence-corrected chi connectivity index (χ4v) is 2.32. The summed E-state index contributed by atoms with van der Waals surface area (Å²) in [7, 11) is 0. The van der Waals surface area contributed by atoms with E-state index in [4.69, 9.17) is 9.52 Å². The molecule has 2 N–H and O–H groups in total. The highest BCUT2D eigenvalue weighted by atomic mass is 19.4. The van der Waals surface area contributed by atoms with Crippen molar-refractivity contribution in [1.82, 2.24) is 0 Å². The molecule has 0 saturated heterocycles. The zero-order chi connectivity index (χ0) is 13.7. The molecule has 2 atom stereocenters. The molecule has 2 rings (SSSR count). The molecule has 0 fully saturated rings. The number of hydrogen-bond acceptors (Lipinski definition) is 3. The molecular weight excluding hydrogens is 253 g/mol. The third kappa shape index (κ3) is 1.98. The standard InChI is InChI=1S/C11H11F3O4/c1-4-8-6(15)2-5(11(12,13)14)3-7(8)18-9(4)10(16)17/h5-6,15H,2-3H2,1H3,(H,16,17)/t5-,6-/m1/s1. The van der Waals surface area contributed by atoms with Crippen LogP contribution in [0.15, 0.2) is 4.42 Å². The molecule has 7 heteroatoms. The number of furan rings is 1. The normalized spacial score (nSPS) is 23.8. The lowest BCUT2D eigenvalue weighted by atomic mass is 9.84. The molecule has 1 aromatic heterocycles. The summed E-state index contributed by atoms with van der Waals surface area (Å²) >= 11 is 0. The molecule has 0 spiro atoms. The first kappa shape index (κ1) is 12.9. The first-order chi connectivity index (χ1) is 8.21. The molecular formula is C11H11F3O4. The van der Waals surface area contributed by atoms with E-state index in [1.54, 1.807) is 0 Å². The quantitative estimate of drug-likeness (QED) is 0.817. The number of halogens is 3. The number of rotatable bonds is 1. The average Bonchev–Trinajstić information content (AvgIpc) is 2.55. The zero-order valence-electron chi connectivity index (χ0n) is 9.41. The van der Waals surface area contributed by atoms with Crippen LogP contribution in [0.4, 0.5) is 13.2 Å². The summed E-state index contributed by atoms with van der Waals surface area (Å²) in [6.07, 6.45) is -6.65. The lowest BCUT2D eigenvalue weighted by Crippen LogP contribution is -2.30. The van der Waals surface area contributed by atoms with Crippen LogP contribution in [0, 0.1) is 12.8 Å². The SMILES string of the molecule is Cc1c(C(=O)O)oc2c1[C@H](O)C[C@@H](C(F)(F)F)C2. The highest BCUT2D eigenvalue weighted by Gasteiger charge is 2.46. The molecule has 0 aromatic carbocycles. The van der Waals surface area contributed by atoms with E-state index in [1.165, 1.54) is 6.92 Å². The van der Waals surface area contributed by atoms with Crippen LogP contribution in [0.5, 0.6) is 0 Å². The van der Waals surface area contributed by atoms with E-state index in [2.05, 4.69) is 0 Å². The maximum absolute atomic E-state index is 12.6. The van der Waals surface area contributed by atoms with Crippen molar-refractivity contribution < 1.29 is 32.6 Å². The smallest absolute Gasteiger partial charge is 0.392 e. The van der Waals surface area contributed by atoms with Gasteiger partial charge < -0.3 is 14.6 Å². The number of carboxylic acid groups (broad SMARTS) is 1. The van der Waals surface area contributed by atoms with E-state index in [0.29, 0.717) is 0 Å². The zero-order valence-corrected chi connectivity index (χ0v) is 9.41. The maximum Gasteiger partial charge on any atom is 0.392 e. The minimum absolute atomic E-state index is 0.0778. The summed E-state index contributed by atoms with van der Waals surface area (Å²) < 4.78 is 42.8. The minimum Gasteiger partial charge on any atom is -0.475 e. The molecule has 100 valence electrons. The van der Waals surface area contributed by atoms with Crippen molar-refractivity contribution >= 4 is 5.97 Å². The molecule has 0 radical (unpaired) electrons. The Morgan fingerprint density at radius 1 is 1.44 bits per heavy atom. The Morgan fingerprint density at radius 3 is 2.56 bits per heavy atom. The molecule has 0 saturated carbocycles. The fourth-order valence-electron chi connectivity index (χ4n) is 2.32. The third-order valence-corrected chi connectivity index (χ3v) is 3.20. The van der Waals surface area contributed by atoms with Gasteiger partial charge in [0.1, 0.15) is 5.76 Å². The van der Waals surface area contributed by atoms with Crippen LogP contribution in [-0.4, -0.2) is 22.4 Å². The molecule has 1 aliphatic carbocycles. The predicted molar refractivity (Wildman–Crippen MR) is 53.2 cm³/mol. The molecule has 1 heterocycles. The fraction of sp³-hybridized carbons (Fsp3) is 0.545. The van der Waals surface area contributed by atoms with E-state index < -0.39 is 42.8 Å². The molecule has 0 unspecified atom stereocenters. The van der Waals surface area contributed by atoms with Crippen molar-refractivity contribution in [2.75, 3.05) is 0 Å². The summed E-state index contributed by atoms with van der Waals surface area (Å²) in [5.74, 6) is -3.53. The van der Waals surface area contributed by atoms with Crippen LogP contribution >= 0.6 is 0 Å². The van der Waals surface area contributed by atoms with Gasteiger partial charge in [-0.05, 0) is 13.3 Å². The summed E-state index contributed by atoms with van der Waals surface area (Å²) in [6.45, 7) is 1.42. The molecule has 18 heavy (non-hydrogen) atoms. The average molecular weight is 264 g/mol.